The maximum absolute atomic E-state index is 12.1. The first-order chi connectivity index (χ1) is 13.3. The van der Waals surface area contributed by atoms with Gasteiger partial charge in [-0.2, -0.15) is 0 Å². The van der Waals surface area contributed by atoms with Crippen LogP contribution in [0.25, 0.3) is 10.6 Å². The smallest absolute Gasteiger partial charge is 0.357 e. The van der Waals surface area contributed by atoms with Crippen LogP contribution in [0.15, 0.2) is 58.8 Å². The summed E-state index contributed by atoms with van der Waals surface area (Å²) in [6.45, 7) is 2.16. The number of carbonyl (C=O) groups is 1. The van der Waals surface area contributed by atoms with Gasteiger partial charge in [-0.1, -0.05) is 29.8 Å². The van der Waals surface area contributed by atoms with Gasteiger partial charge in [0.05, 0.1) is 4.90 Å². The number of hydrogen-bond donors (Lipinski definition) is 1. The van der Waals surface area contributed by atoms with Crippen molar-refractivity contribution in [2.75, 3.05) is 13.2 Å². The van der Waals surface area contributed by atoms with Gasteiger partial charge >= 0.3 is 5.97 Å². The molecule has 0 aliphatic carbocycles. The van der Waals surface area contributed by atoms with E-state index in [0.717, 1.165) is 16.1 Å². The fourth-order valence-electron chi connectivity index (χ4n) is 2.29. The van der Waals surface area contributed by atoms with Crippen molar-refractivity contribution in [1.82, 2.24) is 4.98 Å². The number of sulfonamides is 1. The number of nitrogens with two attached hydrogens (primary N) is 1. The molecule has 0 spiro atoms. The van der Waals surface area contributed by atoms with Crippen molar-refractivity contribution >= 4 is 27.3 Å². The van der Waals surface area contributed by atoms with Crippen LogP contribution in [0.4, 0.5) is 0 Å². The molecule has 0 fully saturated rings. The van der Waals surface area contributed by atoms with Crippen LogP contribution < -0.4 is 9.88 Å². The van der Waals surface area contributed by atoms with Gasteiger partial charge in [0.2, 0.25) is 10.0 Å². The predicted molar refractivity (Wildman–Crippen MR) is 106 cm³/mol. The van der Waals surface area contributed by atoms with E-state index in [1.807, 2.05) is 31.2 Å². The van der Waals surface area contributed by atoms with Gasteiger partial charge in [0.25, 0.3) is 0 Å². The highest BCUT2D eigenvalue weighted by Crippen LogP contribution is 2.24. The molecule has 0 aliphatic heterocycles. The Kier molecular flexibility index (Phi) is 6.08. The van der Waals surface area contributed by atoms with E-state index in [-0.39, 0.29) is 23.8 Å². The Balaban J connectivity index is 1.49. The van der Waals surface area contributed by atoms with E-state index in [4.69, 9.17) is 14.6 Å². The number of esters is 1. The monoisotopic (exact) mass is 418 g/mol. The third-order valence-corrected chi connectivity index (χ3v) is 5.57. The largest absolute Gasteiger partial charge is 0.490 e. The average Bonchev–Trinajstić information content (AvgIpc) is 3.15. The topological polar surface area (TPSA) is 109 Å². The lowest BCUT2D eigenvalue weighted by molar-refractivity contribution is 0.0444. The summed E-state index contributed by atoms with van der Waals surface area (Å²) < 4.78 is 33.0. The van der Waals surface area contributed by atoms with Crippen LogP contribution in [0.3, 0.4) is 0 Å². The van der Waals surface area contributed by atoms with Crippen molar-refractivity contribution in [3.8, 4) is 16.3 Å². The Hall–Kier alpha value is -2.75. The Bertz CT molecular complexity index is 1060. The minimum atomic E-state index is -3.74. The molecule has 3 rings (SSSR count). The summed E-state index contributed by atoms with van der Waals surface area (Å²) in [5, 5.41) is 7.44. The Morgan fingerprint density at radius 3 is 2.39 bits per heavy atom. The van der Waals surface area contributed by atoms with Crippen molar-refractivity contribution in [3.63, 3.8) is 0 Å². The highest BCUT2D eigenvalue weighted by atomic mass is 32.2. The van der Waals surface area contributed by atoms with E-state index in [1.165, 1.54) is 35.6 Å². The van der Waals surface area contributed by atoms with Gasteiger partial charge in [0.1, 0.15) is 24.0 Å². The molecular formula is C19H18N2O5S2. The number of carbonyl (C=O) groups excluding carboxylic acids is 1. The van der Waals surface area contributed by atoms with Gasteiger partial charge < -0.3 is 9.47 Å². The first kappa shape index (κ1) is 20.0. The molecule has 2 aromatic carbocycles. The van der Waals surface area contributed by atoms with Crippen LogP contribution in [-0.2, 0) is 14.8 Å². The molecule has 0 amide bonds. The quantitative estimate of drug-likeness (QED) is 0.467. The zero-order valence-electron chi connectivity index (χ0n) is 15.0. The number of hydrogen-bond acceptors (Lipinski definition) is 7. The Morgan fingerprint density at radius 1 is 1.07 bits per heavy atom. The van der Waals surface area contributed by atoms with Crippen LogP contribution in [0, 0.1) is 6.92 Å². The summed E-state index contributed by atoms with van der Waals surface area (Å²) in [6.07, 6.45) is 0. The van der Waals surface area contributed by atoms with Crippen molar-refractivity contribution in [1.29, 1.82) is 0 Å². The molecule has 3 aromatic rings. The van der Waals surface area contributed by atoms with E-state index >= 15 is 0 Å². The summed E-state index contributed by atoms with van der Waals surface area (Å²) >= 11 is 1.37. The van der Waals surface area contributed by atoms with Gasteiger partial charge in [-0.25, -0.2) is 23.3 Å². The predicted octanol–water partition coefficient (Wildman–Crippen LogP) is 3.00. The van der Waals surface area contributed by atoms with Gasteiger partial charge in [-0.15, -0.1) is 11.3 Å². The fourth-order valence-corrected chi connectivity index (χ4v) is 3.60. The van der Waals surface area contributed by atoms with E-state index in [0.29, 0.717) is 5.75 Å². The molecule has 9 heteroatoms. The number of ether oxygens (including phenoxy) is 2. The van der Waals surface area contributed by atoms with Gasteiger partial charge in [0, 0.05) is 10.9 Å². The Morgan fingerprint density at radius 2 is 1.75 bits per heavy atom. The molecule has 0 saturated carbocycles. The zero-order valence-corrected chi connectivity index (χ0v) is 16.6. The molecule has 146 valence electrons. The van der Waals surface area contributed by atoms with Gasteiger partial charge in [-0.3, -0.25) is 0 Å². The van der Waals surface area contributed by atoms with Gasteiger partial charge in [-0.05, 0) is 31.2 Å². The molecule has 0 atom stereocenters. The molecule has 0 bridgehead atoms. The van der Waals surface area contributed by atoms with Crippen LogP contribution in [0.2, 0.25) is 0 Å². The number of aryl methyl sites for hydroxylation is 1. The average molecular weight is 418 g/mol. The summed E-state index contributed by atoms with van der Waals surface area (Å²) in [6, 6.07) is 13.5. The first-order valence-corrected chi connectivity index (χ1v) is 10.7. The lowest BCUT2D eigenvalue weighted by Crippen LogP contribution is -2.13. The maximum atomic E-state index is 12.1. The van der Waals surface area contributed by atoms with E-state index in [2.05, 4.69) is 4.98 Å². The highest BCUT2D eigenvalue weighted by Gasteiger charge is 2.13. The summed E-state index contributed by atoms with van der Waals surface area (Å²) in [5.74, 6) is -0.0819. The van der Waals surface area contributed by atoms with Crippen LogP contribution >= 0.6 is 11.3 Å². The number of nitrogens with zero attached hydrogens (tertiary/aromatic N) is 1. The van der Waals surface area contributed by atoms with E-state index < -0.39 is 16.0 Å². The summed E-state index contributed by atoms with van der Waals surface area (Å²) in [4.78, 5) is 16.4. The third-order valence-electron chi connectivity index (χ3n) is 3.75. The number of primary sulfonamides is 1. The SMILES string of the molecule is Cc1ccc(-c2nc(C(=O)OCCOc3ccc(S(N)(=O)=O)cc3)cs2)cc1. The standard InChI is InChI=1S/C19H18N2O5S2/c1-13-2-4-14(5-3-13)18-21-17(12-27-18)19(22)26-11-10-25-15-6-8-16(9-7-15)28(20,23)24/h2-9,12H,10-11H2,1H3,(H2,20,23,24). The minimum Gasteiger partial charge on any atom is -0.490 e. The minimum absolute atomic E-state index is 0.000749. The number of aromatic nitrogens is 1. The van der Waals surface area contributed by atoms with Gasteiger partial charge in [0.15, 0.2) is 5.69 Å². The maximum Gasteiger partial charge on any atom is 0.357 e. The number of thiazole rings is 1. The molecule has 0 radical (unpaired) electrons. The van der Waals surface area contributed by atoms with Crippen LogP contribution in [0.5, 0.6) is 5.75 Å². The van der Waals surface area contributed by atoms with Crippen molar-refractivity contribution in [2.45, 2.75) is 11.8 Å². The molecular weight excluding hydrogens is 400 g/mol. The molecule has 1 aromatic heterocycles. The fraction of sp³-hybridized carbons (Fsp3) is 0.158. The lowest BCUT2D eigenvalue weighted by Gasteiger charge is -2.07. The number of benzene rings is 2. The third kappa shape index (κ3) is 5.16. The second-order valence-corrected chi connectivity index (χ2v) is 8.32. The normalized spacial score (nSPS) is 11.2. The Labute approximate surface area is 166 Å². The van der Waals surface area contributed by atoms with E-state index in [1.54, 1.807) is 5.38 Å². The van der Waals surface area contributed by atoms with Crippen molar-refractivity contribution in [3.05, 3.63) is 65.2 Å². The van der Waals surface area contributed by atoms with Crippen LogP contribution in [-0.4, -0.2) is 32.6 Å². The first-order valence-electron chi connectivity index (χ1n) is 8.28. The molecule has 28 heavy (non-hydrogen) atoms. The molecule has 0 unspecified atom stereocenters. The van der Waals surface area contributed by atoms with E-state index in [9.17, 15) is 13.2 Å². The highest BCUT2D eigenvalue weighted by molar-refractivity contribution is 7.89. The number of rotatable bonds is 7. The van der Waals surface area contributed by atoms with Crippen molar-refractivity contribution in [2.24, 2.45) is 5.14 Å². The summed E-state index contributed by atoms with van der Waals surface area (Å²) in [7, 11) is -3.74. The molecule has 7 nitrogen and oxygen atoms in total. The summed E-state index contributed by atoms with van der Waals surface area (Å²) in [5.41, 5.74) is 2.35. The molecule has 1 heterocycles. The second kappa shape index (κ2) is 8.51. The zero-order chi connectivity index (χ0) is 20.1. The van der Waals surface area contributed by atoms with Crippen LogP contribution in [0.1, 0.15) is 16.1 Å². The van der Waals surface area contributed by atoms with Crippen molar-refractivity contribution < 1.29 is 22.7 Å². The second-order valence-electron chi connectivity index (χ2n) is 5.90. The molecule has 0 saturated heterocycles. The molecule has 0 aliphatic rings. The molecule has 2 N–H and O–H groups in total. The lowest BCUT2D eigenvalue weighted by atomic mass is 10.2.